The van der Waals surface area contributed by atoms with Gasteiger partial charge in [0.15, 0.2) is 5.82 Å². The first-order valence-corrected chi connectivity index (χ1v) is 10.0. The Balaban J connectivity index is 1.80. The molecule has 25 heavy (non-hydrogen) atoms. The fourth-order valence-corrected chi connectivity index (χ4v) is 4.39. The van der Waals surface area contributed by atoms with Crippen molar-refractivity contribution in [3.63, 3.8) is 0 Å². The molecule has 3 aromatic rings. The molecule has 0 fully saturated rings. The Labute approximate surface area is 156 Å². The van der Waals surface area contributed by atoms with E-state index >= 15 is 0 Å². The third-order valence-corrected chi connectivity index (χ3v) is 6.27. The highest BCUT2D eigenvalue weighted by molar-refractivity contribution is 9.11. The van der Waals surface area contributed by atoms with Gasteiger partial charge in [0.1, 0.15) is 0 Å². The number of halogens is 1. The highest BCUT2D eigenvalue weighted by atomic mass is 79.9. The summed E-state index contributed by atoms with van der Waals surface area (Å²) < 4.78 is 32.8. The molecule has 3 rings (SSSR count). The number of hydrogen-bond acceptors (Lipinski definition) is 6. The molecule has 0 aliphatic rings. The highest BCUT2D eigenvalue weighted by Crippen LogP contribution is 2.31. The summed E-state index contributed by atoms with van der Waals surface area (Å²) in [4.78, 5) is 12.3. The van der Waals surface area contributed by atoms with Gasteiger partial charge in [-0.25, -0.2) is 13.2 Å². The van der Waals surface area contributed by atoms with E-state index in [1.165, 1.54) is 42.7 Å². The summed E-state index contributed by atoms with van der Waals surface area (Å²) in [7, 11) is -2.56. The Hall–Kier alpha value is -2.17. The summed E-state index contributed by atoms with van der Waals surface area (Å²) in [6.45, 7) is 0. The summed E-state index contributed by atoms with van der Waals surface area (Å²) >= 11 is 4.88. The molecule has 0 bridgehead atoms. The summed E-state index contributed by atoms with van der Waals surface area (Å²) in [5, 5.41) is 6.77. The number of aromatic nitrogens is 2. The van der Waals surface area contributed by atoms with Crippen molar-refractivity contribution in [2.45, 2.75) is 4.90 Å². The molecule has 0 aliphatic carbocycles. The first kappa shape index (κ1) is 17.6. The molecule has 0 spiro atoms. The Morgan fingerprint density at radius 3 is 2.56 bits per heavy atom. The molecule has 0 aliphatic heterocycles. The molecule has 10 heteroatoms. The van der Waals surface area contributed by atoms with Gasteiger partial charge in [-0.1, -0.05) is 0 Å². The van der Waals surface area contributed by atoms with Crippen LogP contribution < -0.4 is 4.72 Å². The molecule has 0 unspecified atom stereocenters. The van der Waals surface area contributed by atoms with E-state index < -0.39 is 16.0 Å². The number of benzene rings is 1. The van der Waals surface area contributed by atoms with Crippen molar-refractivity contribution in [3.8, 4) is 10.6 Å². The zero-order valence-corrected chi connectivity index (χ0v) is 16.0. The Morgan fingerprint density at radius 1 is 1.24 bits per heavy atom. The summed E-state index contributed by atoms with van der Waals surface area (Å²) in [5.41, 5.74) is 0.973. The second-order valence-electron chi connectivity index (χ2n) is 4.89. The van der Waals surface area contributed by atoms with E-state index in [2.05, 4.69) is 35.6 Å². The average molecular weight is 442 g/mol. The third kappa shape index (κ3) is 3.91. The lowest BCUT2D eigenvalue weighted by atomic mass is 10.2. The van der Waals surface area contributed by atoms with E-state index in [1.807, 2.05) is 12.1 Å². The van der Waals surface area contributed by atoms with Gasteiger partial charge in [-0.05, 0) is 52.3 Å². The second-order valence-corrected chi connectivity index (χ2v) is 9.04. The minimum absolute atomic E-state index is 0.0172. The first-order valence-electron chi connectivity index (χ1n) is 6.91. The second kappa shape index (κ2) is 6.98. The zero-order valence-electron chi connectivity index (χ0n) is 12.8. The number of carbonyl (C=O) groups excluding carboxylic acids is 1. The topological polar surface area (TPSA) is 101 Å². The predicted molar refractivity (Wildman–Crippen MR) is 98.2 cm³/mol. The molecule has 0 amide bonds. The number of methoxy groups -OCH3 is 1. The molecule has 7 nitrogen and oxygen atoms in total. The normalized spacial score (nSPS) is 11.3. The van der Waals surface area contributed by atoms with E-state index in [1.54, 1.807) is 6.07 Å². The van der Waals surface area contributed by atoms with E-state index in [4.69, 9.17) is 0 Å². The highest BCUT2D eigenvalue weighted by Gasteiger charge is 2.17. The lowest BCUT2D eigenvalue weighted by molar-refractivity contribution is 0.0600. The van der Waals surface area contributed by atoms with Crippen LogP contribution in [-0.2, 0) is 14.8 Å². The van der Waals surface area contributed by atoms with Crippen molar-refractivity contribution in [2.24, 2.45) is 0 Å². The van der Waals surface area contributed by atoms with Gasteiger partial charge in [0.05, 0.1) is 31.9 Å². The maximum Gasteiger partial charge on any atom is 0.337 e. The minimum atomic E-state index is -3.82. The number of thiophene rings is 1. The SMILES string of the molecule is COC(=O)c1ccc(S(=O)(=O)Nc2cc(-c3ccc(Br)s3)[nH]n2)cc1. The molecule has 0 radical (unpaired) electrons. The molecule has 1 aromatic carbocycles. The molecule has 0 saturated carbocycles. The van der Waals surface area contributed by atoms with E-state index in [0.29, 0.717) is 5.69 Å². The lowest BCUT2D eigenvalue weighted by Crippen LogP contribution is -2.13. The van der Waals surface area contributed by atoms with Gasteiger partial charge in [-0.3, -0.25) is 9.82 Å². The standard InChI is InChI=1S/C15H12BrN3O4S2/c1-23-15(20)9-2-4-10(5-3-9)25(21,22)19-14-8-11(17-18-14)12-6-7-13(16)24-12/h2-8H,1H3,(H2,17,18,19). The van der Waals surface area contributed by atoms with E-state index in [9.17, 15) is 13.2 Å². The molecule has 2 aromatic heterocycles. The number of esters is 1. The van der Waals surface area contributed by atoms with Crippen LogP contribution >= 0.6 is 27.3 Å². The maximum absolute atomic E-state index is 12.4. The van der Waals surface area contributed by atoms with Crippen LogP contribution in [0.2, 0.25) is 0 Å². The Kier molecular flexibility index (Phi) is 4.93. The van der Waals surface area contributed by atoms with Crippen LogP contribution in [0.1, 0.15) is 10.4 Å². The van der Waals surface area contributed by atoms with Crippen molar-refractivity contribution in [3.05, 3.63) is 51.8 Å². The van der Waals surface area contributed by atoms with Crippen molar-refractivity contribution in [1.29, 1.82) is 0 Å². The zero-order chi connectivity index (χ0) is 18.0. The van der Waals surface area contributed by atoms with Gasteiger partial charge in [0.25, 0.3) is 10.0 Å². The summed E-state index contributed by atoms with van der Waals surface area (Å²) in [5.74, 6) is -0.354. The van der Waals surface area contributed by atoms with Gasteiger partial charge in [-0.15, -0.1) is 11.3 Å². The number of H-pyrrole nitrogens is 1. The van der Waals surface area contributed by atoms with Crippen LogP contribution in [0.5, 0.6) is 0 Å². The van der Waals surface area contributed by atoms with E-state index in [-0.39, 0.29) is 16.3 Å². The number of nitrogens with zero attached hydrogens (tertiary/aromatic N) is 1. The Morgan fingerprint density at radius 2 is 1.96 bits per heavy atom. The quantitative estimate of drug-likeness (QED) is 0.590. The van der Waals surface area contributed by atoms with Crippen molar-refractivity contribution < 1.29 is 17.9 Å². The van der Waals surface area contributed by atoms with Crippen molar-refractivity contribution in [2.75, 3.05) is 11.8 Å². The van der Waals surface area contributed by atoms with E-state index in [0.717, 1.165) is 8.66 Å². The van der Waals surface area contributed by atoms with Gasteiger partial charge >= 0.3 is 5.97 Å². The number of anilines is 1. The van der Waals surface area contributed by atoms with Gasteiger partial charge < -0.3 is 4.74 Å². The average Bonchev–Trinajstić information content (AvgIpc) is 3.22. The molecular weight excluding hydrogens is 430 g/mol. The third-order valence-electron chi connectivity index (χ3n) is 3.24. The summed E-state index contributed by atoms with van der Waals surface area (Å²) in [6.07, 6.45) is 0. The molecule has 2 heterocycles. The fraction of sp³-hybridized carbons (Fsp3) is 0.0667. The van der Waals surface area contributed by atoms with Crippen LogP contribution in [0.3, 0.4) is 0 Å². The first-order chi connectivity index (χ1) is 11.9. The maximum atomic E-state index is 12.4. The number of hydrogen-bond donors (Lipinski definition) is 2. The molecule has 0 atom stereocenters. The Bertz CT molecular complexity index is 1010. The van der Waals surface area contributed by atoms with Crippen molar-refractivity contribution in [1.82, 2.24) is 10.2 Å². The van der Waals surface area contributed by atoms with Crippen LogP contribution in [0.15, 0.2) is 51.1 Å². The van der Waals surface area contributed by atoms with Gasteiger partial charge in [0, 0.05) is 6.07 Å². The van der Waals surface area contributed by atoms with Crippen molar-refractivity contribution >= 4 is 49.1 Å². The molecular formula is C15H12BrN3O4S2. The smallest absolute Gasteiger partial charge is 0.337 e. The fourth-order valence-electron chi connectivity index (χ4n) is 2.04. The van der Waals surface area contributed by atoms with Gasteiger partial charge in [0.2, 0.25) is 0 Å². The number of carbonyl (C=O) groups is 1. The molecule has 0 saturated heterocycles. The monoisotopic (exact) mass is 441 g/mol. The molecule has 130 valence electrons. The number of aromatic amines is 1. The van der Waals surface area contributed by atoms with Gasteiger partial charge in [-0.2, -0.15) is 5.10 Å². The minimum Gasteiger partial charge on any atom is -0.465 e. The number of nitrogens with one attached hydrogen (secondary N) is 2. The predicted octanol–water partition coefficient (Wildman–Crippen LogP) is 3.49. The van der Waals surface area contributed by atoms with Crippen LogP contribution in [0.25, 0.3) is 10.6 Å². The van der Waals surface area contributed by atoms with Crippen LogP contribution in [0, 0.1) is 0 Å². The van der Waals surface area contributed by atoms with Crippen LogP contribution in [0.4, 0.5) is 5.82 Å². The lowest BCUT2D eigenvalue weighted by Gasteiger charge is -2.06. The van der Waals surface area contributed by atoms with Crippen LogP contribution in [-0.4, -0.2) is 31.7 Å². The molecule has 2 N–H and O–H groups in total. The number of sulfonamides is 1. The number of ether oxygens (including phenoxy) is 1. The number of rotatable bonds is 5. The largest absolute Gasteiger partial charge is 0.465 e. The summed E-state index contributed by atoms with van der Waals surface area (Å²) in [6, 6.07) is 10.8.